The van der Waals surface area contributed by atoms with E-state index in [1.165, 1.54) is 22.1 Å². The molecule has 72 valence electrons. The lowest BCUT2D eigenvalue weighted by molar-refractivity contribution is 0.112. The van der Waals surface area contributed by atoms with Crippen LogP contribution in [0.1, 0.15) is 27.0 Å². The molecule has 1 aliphatic carbocycles. The molecule has 0 spiro atoms. The average Bonchev–Trinajstić information content (AvgIpc) is 2.68. The molecule has 2 aromatic carbocycles. The molecule has 0 bridgehead atoms. The molecule has 3 rings (SSSR count). The number of aldehydes is 1. The van der Waals surface area contributed by atoms with Gasteiger partial charge in [-0.2, -0.15) is 0 Å². The van der Waals surface area contributed by atoms with Crippen LogP contribution < -0.4 is 0 Å². The van der Waals surface area contributed by atoms with Gasteiger partial charge in [0.25, 0.3) is 0 Å². The molecule has 0 unspecified atom stereocenters. The Morgan fingerprint density at radius 2 is 1.60 bits per heavy atom. The van der Waals surface area contributed by atoms with Gasteiger partial charge < -0.3 is 0 Å². The predicted molar refractivity (Wildman–Crippen MR) is 63.0 cm³/mol. The number of hydrogen-bond donors (Lipinski definition) is 0. The molecule has 0 fully saturated rings. The van der Waals surface area contributed by atoms with Gasteiger partial charge >= 0.3 is 0 Å². The second kappa shape index (κ2) is 2.80. The van der Waals surface area contributed by atoms with Crippen molar-refractivity contribution in [2.24, 2.45) is 0 Å². The van der Waals surface area contributed by atoms with E-state index in [0.717, 1.165) is 17.2 Å². The third-order valence-electron chi connectivity index (χ3n) is 3.04. The summed E-state index contributed by atoms with van der Waals surface area (Å²) in [5, 5.41) is 2.32. The van der Waals surface area contributed by atoms with Crippen LogP contribution in [0.25, 0.3) is 22.9 Å². The Hall–Kier alpha value is -1.89. The van der Waals surface area contributed by atoms with Crippen molar-refractivity contribution >= 4 is 29.2 Å². The number of hydrogen-bond acceptors (Lipinski definition) is 1. The van der Waals surface area contributed by atoms with Crippen LogP contribution in [0.4, 0.5) is 0 Å². The van der Waals surface area contributed by atoms with Gasteiger partial charge in [-0.15, -0.1) is 0 Å². The normalized spacial score (nSPS) is 12.3. The molecule has 1 nitrogen and oxygen atoms in total. The van der Waals surface area contributed by atoms with Crippen LogP contribution in [-0.4, -0.2) is 6.29 Å². The Bertz CT molecular complexity index is 594. The first-order valence-corrected chi connectivity index (χ1v) is 5.01. The predicted octanol–water partition coefficient (Wildman–Crippen LogP) is 3.44. The molecule has 0 heterocycles. The molecule has 1 heteroatoms. The minimum atomic E-state index is 0.789. The number of carbonyl (C=O) groups is 1. The van der Waals surface area contributed by atoms with Crippen LogP contribution in [-0.2, 0) is 0 Å². The summed E-state index contributed by atoms with van der Waals surface area (Å²) >= 11 is 0. The van der Waals surface area contributed by atoms with Gasteiger partial charge in [0.1, 0.15) is 0 Å². The summed E-state index contributed by atoms with van der Waals surface area (Å²) in [5.74, 6) is 0. The quantitative estimate of drug-likeness (QED) is 0.542. The highest BCUT2D eigenvalue weighted by atomic mass is 16.1. The van der Waals surface area contributed by atoms with E-state index in [0.29, 0.717) is 0 Å². The maximum absolute atomic E-state index is 11.0. The fourth-order valence-electron chi connectivity index (χ4n) is 2.31. The largest absolute Gasteiger partial charge is 0.298 e. The summed E-state index contributed by atoms with van der Waals surface area (Å²) in [4.78, 5) is 11.0. The highest BCUT2D eigenvalue weighted by molar-refractivity contribution is 6.11. The first kappa shape index (κ1) is 8.42. The fraction of sp³-hybridized carbons (Fsp3) is 0.0714. The van der Waals surface area contributed by atoms with Crippen molar-refractivity contribution in [3.63, 3.8) is 0 Å². The second-order valence-electron chi connectivity index (χ2n) is 3.92. The van der Waals surface area contributed by atoms with Gasteiger partial charge in [0.15, 0.2) is 6.29 Å². The van der Waals surface area contributed by atoms with Crippen molar-refractivity contribution in [1.29, 1.82) is 0 Å². The molecule has 0 aliphatic heterocycles. The van der Waals surface area contributed by atoms with Gasteiger partial charge in [0.2, 0.25) is 0 Å². The highest BCUT2D eigenvalue weighted by Crippen LogP contribution is 2.34. The first-order chi connectivity index (χ1) is 7.31. The van der Waals surface area contributed by atoms with Gasteiger partial charge in [-0.3, -0.25) is 4.79 Å². The highest BCUT2D eigenvalue weighted by Gasteiger charge is 2.12. The Morgan fingerprint density at radius 1 is 0.933 bits per heavy atom. The lowest BCUT2D eigenvalue weighted by Gasteiger charge is -2.07. The summed E-state index contributed by atoms with van der Waals surface area (Å²) in [6.45, 7) is 2.05. The molecular weight excluding hydrogens is 184 g/mol. The zero-order valence-corrected chi connectivity index (χ0v) is 8.45. The smallest absolute Gasteiger partial charge is 0.150 e. The van der Waals surface area contributed by atoms with Crippen LogP contribution in [0.5, 0.6) is 0 Å². The monoisotopic (exact) mass is 194 g/mol. The molecule has 1 aliphatic rings. The van der Waals surface area contributed by atoms with Gasteiger partial charge in [-0.1, -0.05) is 36.4 Å². The zero-order chi connectivity index (χ0) is 10.4. The molecule has 0 saturated carbocycles. The summed E-state index contributed by atoms with van der Waals surface area (Å²) in [6, 6.07) is 8.10. The van der Waals surface area contributed by atoms with E-state index < -0.39 is 0 Å². The van der Waals surface area contributed by atoms with Crippen molar-refractivity contribution in [3.8, 4) is 0 Å². The van der Waals surface area contributed by atoms with Crippen LogP contribution in [0.15, 0.2) is 24.3 Å². The first-order valence-electron chi connectivity index (χ1n) is 5.01. The maximum Gasteiger partial charge on any atom is 0.150 e. The third-order valence-corrected chi connectivity index (χ3v) is 3.04. The topological polar surface area (TPSA) is 17.1 Å². The van der Waals surface area contributed by atoms with Crippen molar-refractivity contribution in [2.45, 2.75) is 6.92 Å². The van der Waals surface area contributed by atoms with Gasteiger partial charge in [-0.25, -0.2) is 0 Å². The minimum Gasteiger partial charge on any atom is -0.298 e. The zero-order valence-electron chi connectivity index (χ0n) is 8.45. The summed E-state index contributed by atoms with van der Waals surface area (Å²) in [5.41, 5.74) is 4.39. The number of carbonyl (C=O) groups excluding carboxylic acids is 1. The minimum absolute atomic E-state index is 0.789. The lowest BCUT2D eigenvalue weighted by atomic mass is 9.96. The van der Waals surface area contributed by atoms with Crippen LogP contribution in [0.3, 0.4) is 0 Å². The van der Waals surface area contributed by atoms with E-state index in [1.54, 1.807) is 0 Å². The maximum atomic E-state index is 11.0. The second-order valence-corrected chi connectivity index (χ2v) is 3.92. The lowest BCUT2D eigenvalue weighted by Crippen LogP contribution is -1.89. The van der Waals surface area contributed by atoms with E-state index in [1.807, 2.05) is 19.1 Å². The van der Waals surface area contributed by atoms with Crippen LogP contribution >= 0.6 is 0 Å². The fourth-order valence-corrected chi connectivity index (χ4v) is 2.31. The number of rotatable bonds is 1. The molecule has 15 heavy (non-hydrogen) atoms. The Kier molecular flexibility index (Phi) is 1.57. The molecule has 2 aromatic rings. The Balaban J connectivity index is 2.61. The molecule has 0 aromatic heterocycles. The van der Waals surface area contributed by atoms with E-state index in [4.69, 9.17) is 0 Å². The molecule has 0 N–H and O–H groups in total. The average molecular weight is 194 g/mol. The van der Waals surface area contributed by atoms with Crippen molar-refractivity contribution in [1.82, 2.24) is 0 Å². The van der Waals surface area contributed by atoms with Crippen LogP contribution in [0, 0.1) is 6.92 Å². The van der Waals surface area contributed by atoms with Crippen molar-refractivity contribution in [2.75, 3.05) is 0 Å². The van der Waals surface area contributed by atoms with Gasteiger partial charge in [0.05, 0.1) is 0 Å². The Labute approximate surface area is 88.0 Å². The van der Waals surface area contributed by atoms with E-state index in [-0.39, 0.29) is 0 Å². The van der Waals surface area contributed by atoms with Gasteiger partial charge in [0, 0.05) is 5.56 Å². The number of benzene rings is 2. The standard InChI is InChI=1S/C14H10O/c1-9-2-3-10-4-5-11-6-7-12(8-15)13(9)14(10)11/h2-8H,1H3. The summed E-state index contributed by atoms with van der Waals surface area (Å²) < 4.78 is 0. The van der Waals surface area contributed by atoms with E-state index in [9.17, 15) is 4.79 Å². The molecule has 0 atom stereocenters. The molecule has 0 amide bonds. The molecular formula is C14H10O. The SMILES string of the molecule is Cc1ccc2c3c(ccc(C=O)c13)C=C2. The van der Waals surface area contributed by atoms with E-state index >= 15 is 0 Å². The molecule has 0 radical (unpaired) electrons. The molecule has 0 saturated heterocycles. The van der Waals surface area contributed by atoms with E-state index in [2.05, 4.69) is 24.3 Å². The van der Waals surface area contributed by atoms with Gasteiger partial charge in [-0.05, 0) is 34.4 Å². The third kappa shape index (κ3) is 1.00. The van der Waals surface area contributed by atoms with Crippen molar-refractivity contribution in [3.05, 3.63) is 46.5 Å². The van der Waals surface area contributed by atoms with Crippen molar-refractivity contribution < 1.29 is 4.79 Å². The number of aryl methyl sites for hydroxylation is 1. The summed E-state index contributed by atoms with van der Waals surface area (Å²) in [7, 11) is 0. The Morgan fingerprint density at radius 3 is 2.27 bits per heavy atom. The van der Waals surface area contributed by atoms with Crippen LogP contribution in [0.2, 0.25) is 0 Å². The summed E-state index contributed by atoms with van der Waals surface area (Å²) in [6.07, 6.45) is 5.14.